The third-order valence-corrected chi connectivity index (χ3v) is 5.03. The van der Waals surface area contributed by atoms with Crippen LogP contribution in [0.15, 0.2) is 30.3 Å². The Balaban J connectivity index is 1.95. The van der Waals surface area contributed by atoms with Crippen LogP contribution in [0.25, 0.3) is 0 Å². The Labute approximate surface area is 97.5 Å². The summed E-state index contributed by atoms with van der Waals surface area (Å²) in [4.78, 5) is 0. The van der Waals surface area contributed by atoms with Gasteiger partial charge in [0.05, 0.1) is 5.60 Å². The SMILES string of the molecule is CC(C)(c1ccccc1)C1(O)C2CCCC21. The topological polar surface area (TPSA) is 20.2 Å². The molecule has 16 heavy (non-hydrogen) atoms. The van der Waals surface area contributed by atoms with Crippen molar-refractivity contribution in [2.45, 2.75) is 44.1 Å². The van der Waals surface area contributed by atoms with Gasteiger partial charge in [0.15, 0.2) is 0 Å². The number of aliphatic hydroxyl groups is 1. The van der Waals surface area contributed by atoms with E-state index in [9.17, 15) is 5.11 Å². The summed E-state index contributed by atoms with van der Waals surface area (Å²) in [5, 5.41) is 10.9. The third kappa shape index (κ3) is 1.10. The van der Waals surface area contributed by atoms with E-state index in [4.69, 9.17) is 0 Å². The zero-order valence-electron chi connectivity index (χ0n) is 10.1. The van der Waals surface area contributed by atoms with E-state index in [0.717, 1.165) is 0 Å². The zero-order chi connectivity index (χ0) is 11.4. The number of hydrogen-bond acceptors (Lipinski definition) is 1. The highest BCUT2D eigenvalue weighted by Gasteiger charge is 2.71. The van der Waals surface area contributed by atoms with Crippen molar-refractivity contribution in [1.29, 1.82) is 0 Å². The number of benzene rings is 1. The molecule has 0 aromatic heterocycles. The highest BCUT2D eigenvalue weighted by atomic mass is 16.3. The van der Waals surface area contributed by atoms with Gasteiger partial charge in [-0.15, -0.1) is 0 Å². The molecule has 0 aliphatic heterocycles. The summed E-state index contributed by atoms with van der Waals surface area (Å²) in [7, 11) is 0. The predicted octanol–water partition coefficient (Wildman–Crippen LogP) is 3.13. The van der Waals surface area contributed by atoms with Crippen LogP contribution in [0.5, 0.6) is 0 Å². The lowest BCUT2D eigenvalue weighted by Crippen LogP contribution is -2.39. The molecule has 3 rings (SSSR count). The fourth-order valence-electron chi connectivity index (χ4n) is 3.93. The molecular weight excluding hydrogens is 196 g/mol. The normalized spacial score (nSPS) is 37.2. The second-order valence-electron chi connectivity index (χ2n) is 5.96. The average molecular weight is 216 g/mol. The smallest absolute Gasteiger partial charge is 0.0801 e. The lowest BCUT2D eigenvalue weighted by molar-refractivity contribution is 0.0358. The van der Waals surface area contributed by atoms with Crippen LogP contribution in [0.1, 0.15) is 38.7 Å². The van der Waals surface area contributed by atoms with Crippen LogP contribution in [-0.2, 0) is 5.41 Å². The van der Waals surface area contributed by atoms with E-state index in [1.54, 1.807) is 0 Å². The third-order valence-electron chi connectivity index (χ3n) is 5.03. The van der Waals surface area contributed by atoms with Crippen molar-refractivity contribution in [2.75, 3.05) is 0 Å². The molecule has 1 heteroatoms. The number of hydrogen-bond donors (Lipinski definition) is 1. The standard InChI is InChI=1S/C15H20O/c1-14(2,11-7-4-3-5-8-11)15(16)12-9-6-10-13(12)15/h3-5,7-8,12-13,16H,6,9-10H2,1-2H3. The van der Waals surface area contributed by atoms with Crippen molar-refractivity contribution in [1.82, 2.24) is 0 Å². The lowest BCUT2D eigenvalue weighted by Gasteiger charge is -2.34. The Morgan fingerprint density at radius 3 is 2.25 bits per heavy atom. The van der Waals surface area contributed by atoms with E-state index in [-0.39, 0.29) is 5.41 Å². The van der Waals surface area contributed by atoms with Crippen molar-refractivity contribution in [3.8, 4) is 0 Å². The van der Waals surface area contributed by atoms with Crippen LogP contribution in [0.2, 0.25) is 0 Å². The summed E-state index contributed by atoms with van der Waals surface area (Å²) in [6.45, 7) is 4.39. The van der Waals surface area contributed by atoms with Crippen LogP contribution in [-0.4, -0.2) is 10.7 Å². The minimum Gasteiger partial charge on any atom is -0.388 e. The first-order valence-electron chi connectivity index (χ1n) is 6.36. The summed E-state index contributed by atoms with van der Waals surface area (Å²) in [6, 6.07) is 10.5. The Kier molecular flexibility index (Phi) is 2.00. The molecule has 2 saturated carbocycles. The highest BCUT2D eigenvalue weighted by molar-refractivity contribution is 5.35. The quantitative estimate of drug-likeness (QED) is 0.805. The maximum atomic E-state index is 10.9. The number of fused-ring (bicyclic) bond motifs is 1. The maximum absolute atomic E-state index is 10.9. The van der Waals surface area contributed by atoms with Crippen LogP contribution in [0.3, 0.4) is 0 Å². The molecule has 1 N–H and O–H groups in total. The fraction of sp³-hybridized carbons (Fsp3) is 0.600. The van der Waals surface area contributed by atoms with Crippen molar-refractivity contribution in [2.24, 2.45) is 11.8 Å². The van der Waals surface area contributed by atoms with Gasteiger partial charge in [0, 0.05) is 5.41 Å². The molecule has 2 atom stereocenters. The van der Waals surface area contributed by atoms with Crippen LogP contribution in [0, 0.1) is 11.8 Å². The van der Waals surface area contributed by atoms with Gasteiger partial charge in [0.25, 0.3) is 0 Å². The molecule has 0 saturated heterocycles. The molecule has 2 aliphatic carbocycles. The minimum absolute atomic E-state index is 0.107. The van der Waals surface area contributed by atoms with Crippen LogP contribution < -0.4 is 0 Å². The molecule has 2 unspecified atom stereocenters. The summed E-state index contributed by atoms with van der Waals surface area (Å²) >= 11 is 0. The summed E-state index contributed by atoms with van der Waals surface area (Å²) in [5.74, 6) is 1.12. The summed E-state index contributed by atoms with van der Waals surface area (Å²) < 4.78 is 0. The largest absolute Gasteiger partial charge is 0.388 e. The molecule has 1 nitrogen and oxygen atoms in total. The second-order valence-corrected chi connectivity index (χ2v) is 5.96. The molecule has 0 radical (unpaired) electrons. The van der Waals surface area contributed by atoms with Gasteiger partial charge in [-0.25, -0.2) is 0 Å². The highest BCUT2D eigenvalue weighted by Crippen LogP contribution is 2.67. The Morgan fingerprint density at radius 2 is 1.69 bits per heavy atom. The van der Waals surface area contributed by atoms with Gasteiger partial charge < -0.3 is 5.11 Å². The average Bonchev–Trinajstić information content (AvgIpc) is 2.69. The summed E-state index contributed by atoms with van der Waals surface area (Å²) in [5.41, 5.74) is 0.725. The van der Waals surface area contributed by atoms with Gasteiger partial charge in [-0.05, 0) is 30.2 Å². The van der Waals surface area contributed by atoms with Crippen molar-refractivity contribution in [3.63, 3.8) is 0 Å². The Bertz CT molecular complexity index is 383. The minimum atomic E-state index is -0.438. The number of rotatable bonds is 2. The predicted molar refractivity (Wildman–Crippen MR) is 65.2 cm³/mol. The maximum Gasteiger partial charge on any atom is 0.0801 e. The van der Waals surface area contributed by atoms with E-state index < -0.39 is 5.60 Å². The van der Waals surface area contributed by atoms with Gasteiger partial charge in [0.1, 0.15) is 0 Å². The van der Waals surface area contributed by atoms with E-state index >= 15 is 0 Å². The van der Waals surface area contributed by atoms with E-state index in [1.807, 2.05) is 6.07 Å². The Morgan fingerprint density at radius 1 is 1.12 bits per heavy atom. The zero-order valence-corrected chi connectivity index (χ0v) is 10.1. The van der Waals surface area contributed by atoms with Gasteiger partial charge in [-0.2, -0.15) is 0 Å². The molecule has 0 amide bonds. The molecule has 86 valence electrons. The lowest BCUT2D eigenvalue weighted by atomic mass is 9.74. The molecule has 2 aliphatic rings. The molecule has 1 aromatic rings. The van der Waals surface area contributed by atoms with Crippen LogP contribution >= 0.6 is 0 Å². The van der Waals surface area contributed by atoms with E-state index in [2.05, 4.69) is 38.1 Å². The van der Waals surface area contributed by atoms with Gasteiger partial charge in [-0.1, -0.05) is 50.6 Å². The monoisotopic (exact) mass is 216 g/mol. The van der Waals surface area contributed by atoms with Gasteiger partial charge >= 0.3 is 0 Å². The summed E-state index contributed by atoms with van der Waals surface area (Å²) in [6.07, 6.45) is 3.75. The van der Waals surface area contributed by atoms with Gasteiger partial charge in [0.2, 0.25) is 0 Å². The fourth-order valence-corrected chi connectivity index (χ4v) is 3.93. The van der Waals surface area contributed by atoms with Gasteiger partial charge in [-0.3, -0.25) is 0 Å². The van der Waals surface area contributed by atoms with Crippen LogP contribution in [0.4, 0.5) is 0 Å². The first-order chi connectivity index (χ1) is 7.58. The molecule has 1 aromatic carbocycles. The van der Waals surface area contributed by atoms with Crippen molar-refractivity contribution < 1.29 is 5.11 Å². The first-order valence-corrected chi connectivity index (χ1v) is 6.36. The van der Waals surface area contributed by atoms with E-state index in [1.165, 1.54) is 24.8 Å². The molecule has 2 fully saturated rings. The first kappa shape index (κ1) is 10.3. The molecule has 0 heterocycles. The Hall–Kier alpha value is -0.820. The molecule has 0 spiro atoms. The molecular formula is C15H20O. The second kappa shape index (κ2) is 3.10. The van der Waals surface area contributed by atoms with E-state index in [0.29, 0.717) is 11.8 Å². The van der Waals surface area contributed by atoms with Crippen molar-refractivity contribution in [3.05, 3.63) is 35.9 Å². The molecule has 0 bridgehead atoms. The van der Waals surface area contributed by atoms with Crippen molar-refractivity contribution >= 4 is 0 Å².